The van der Waals surface area contributed by atoms with Gasteiger partial charge in [-0.3, -0.25) is 9.59 Å². The van der Waals surface area contributed by atoms with Gasteiger partial charge in [-0.15, -0.1) is 12.4 Å². The van der Waals surface area contributed by atoms with E-state index in [9.17, 15) is 9.59 Å². The second kappa shape index (κ2) is 8.63. The molecule has 0 saturated carbocycles. The monoisotopic (exact) mass is 351 g/mol. The van der Waals surface area contributed by atoms with Crippen LogP contribution in [0.5, 0.6) is 0 Å². The molecule has 24 heavy (non-hydrogen) atoms. The standard InChI is InChI=1S/C16H21N5O2.ClH/c22-15(18-6-3-8-21-9-7-17-11-21)10-14-12-4-1-2-5-13(12)16(23)20-19-14;/h7,9,11H,1-6,8,10H2,(H,18,22)(H,20,23);1H. The molecule has 2 N–H and O–H groups in total. The molecule has 1 aliphatic carbocycles. The van der Waals surface area contributed by atoms with Gasteiger partial charge in [-0.05, 0) is 37.7 Å². The number of nitrogens with zero attached hydrogens (tertiary/aromatic N) is 3. The topological polar surface area (TPSA) is 92.7 Å². The zero-order chi connectivity index (χ0) is 16.1. The number of H-pyrrole nitrogens is 1. The van der Waals surface area contributed by atoms with E-state index in [0.29, 0.717) is 12.2 Å². The first-order chi connectivity index (χ1) is 11.2. The number of halogens is 1. The number of aromatic amines is 1. The van der Waals surface area contributed by atoms with E-state index in [0.717, 1.165) is 49.8 Å². The molecule has 7 nitrogen and oxygen atoms in total. The summed E-state index contributed by atoms with van der Waals surface area (Å²) in [7, 11) is 0. The Balaban J connectivity index is 0.00000208. The van der Waals surface area contributed by atoms with Crippen LogP contribution >= 0.6 is 12.4 Å². The van der Waals surface area contributed by atoms with Crippen LogP contribution in [-0.4, -0.2) is 32.2 Å². The van der Waals surface area contributed by atoms with Gasteiger partial charge in [0.15, 0.2) is 0 Å². The van der Waals surface area contributed by atoms with Crippen molar-refractivity contribution in [1.82, 2.24) is 25.1 Å². The largest absolute Gasteiger partial charge is 0.356 e. The zero-order valence-electron chi connectivity index (χ0n) is 13.5. The van der Waals surface area contributed by atoms with Crippen LogP contribution in [-0.2, 0) is 30.6 Å². The van der Waals surface area contributed by atoms with Crippen molar-refractivity contribution in [2.45, 2.75) is 45.1 Å². The second-order valence-corrected chi connectivity index (χ2v) is 5.84. The van der Waals surface area contributed by atoms with Gasteiger partial charge in [0.1, 0.15) is 0 Å². The van der Waals surface area contributed by atoms with E-state index in [4.69, 9.17) is 0 Å². The second-order valence-electron chi connectivity index (χ2n) is 5.84. The highest BCUT2D eigenvalue weighted by Crippen LogP contribution is 2.20. The quantitative estimate of drug-likeness (QED) is 0.760. The van der Waals surface area contributed by atoms with Gasteiger partial charge in [0.05, 0.1) is 18.4 Å². The highest BCUT2D eigenvalue weighted by Gasteiger charge is 2.19. The summed E-state index contributed by atoms with van der Waals surface area (Å²) in [5, 5.41) is 9.52. The zero-order valence-corrected chi connectivity index (χ0v) is 14.3. The number of nitrogens with one attached hydrogen (secondary N) is 2. The lowest BCUT2D eigenvalue weighted by Crippen LogP contribution is -2.30. The molecule has 2 heterocycles. The van der Waals surface area contributed by atoms with Crippen molar-refractivity contribution in [2.24, 2.45) is 0 Å². The Kier molecular flexibility index (Phi) is 6.54. The summed E-state index contributed by atoms with van der Waals surface area (Å²) in [6.45, 7) is 1.44. The minimum atomic E-state index is -0.107. The van der Waals surface area contributed by atoms with Crippen LogP contribution < -0.4 is 10.9 Å². The van der Waals surface area contributed by atoms with Crippen molar-refractivity contribution in [3.8, 4) is 0 Å². The Labute approximate surface area is 146 Å². The van der Waals surface area contributed by atoms with Crippen LogP contribution in [0.25, 0.3) is 0 Å². The molecule has 0 atom stereocenters. The number of aryl methyl sites for hydroxylation is 1. The number of hydrogen-bond donors (Lipinski definition) is 2. The number of carbonyl (C=O) groups excluding carboxylic acids is 1. The highest BCUT2D eigenvalue weighted by molar-refractivity contribution is 5.85. The van der Waals surface area contributed by atoms with Crippen molar-refractivity contribution in [3.05, 3.63) is 45.9 Å². The van der Waals surface area contributed by atoms with Gasteiger partial charge in [0, 0.05) is 31.0 Å². The molecule has 8 heteroatoms. The molecule has 130 valence electrons. The van der Waals surface area contributed by atoms with Gasteiger partial charge in [-0.2, -0.15) is 5.10 Å². The van der Waals surface area contributed by atoms with Crippen molar-refractivity contribution in [2.75, 3.05) is 6.54 Å². The Bertz CT molecular complexity index is 727. The molecule has 0 unspecified atom stereocenters. The molecule has 3 rings (SSSR count). The fraction of sp³-hybridized carbons (Fsp3) is 0.500. The third-order valence-electron chi connectivity index (χ3n) is 4.19. The summed E-state index contributed by atoms with van der Waals surface area (Å²) in [6, 6.07) is 0. The Morgan fingerprint density at radius 3 is 2.83 bits per heavy atom. The van der Waals surface area contributed by atoms with E-state index < -0.39 is 0 Å². The molecular formula is C16H22ClN5O2. The maximum atomic E-state index is 12.1. The number of hydrogen-bond acceptors (Lipinski definition) is 4. The third kappa shape index (κ3) is 4.44. The molecule has 0 fully saturated rings. The van der Waals surface area contributed by atoms with Gasteiger partial charge in [-0.25, -0.2) is 10.1 Å². The van der Waals surface area contributed by atoms with Gasteiger partial charge < -0.3 is 9.88 Å². The van der Waals surface area contributed by atoms with Crippen LogP contribution in [0.1, 0.15) is 36.1 Å². The average Bonchev–Trinajstić information content (AvgIpc) is 3.08. The lowest BCUT2D eigenvalue weighted by molar-refractivity contribution is -0.120. The molecular weight excluding hydrogens is 330 g/mol. The third-order valence-corrected chi connectivity index (χ3v) is 4.19. The van der Waals surface area contributed by atoms with Gasteiger partial charge in [-0.1, -0.05) is 0 Å². The maximum Gasteiger partial charge on any atom is 0.267 e. The summed E-state index contributed by atoms with van der Waals surface area (Å²) in [5.74, 6) is -0.0528. The summed E-state index contributed by atoms with van der Waals surface area (Å²) in [4.78, 5) is 27.9. The number of fused-ring (bicyclic) bond motifs is 1. The summed E-state index contributed by atoms with van der Waals surface area (Å²) in [5.41, 5.74) is 2.40. The summed E-state index contributed by atoms with van der Waals surface area (Å²) in [6.07, 6.45) is 10.2. The molecule has 1 aliphatic rings. The SMILES string of the molecule is Cl.O=C(Cc1n[nH]c(=O)c2c1CCCC2)NCCCn1ccnc1. The van der Waals surface area contributed by atoms with E-state index in [-0.39, 0.29) is 30.3 Å². The molecule has 0 aromatic carbocycles. The molecule has 0 aliphatic heterocycles. The first-order valence-electron chi connectivity index (χ1n) is 8.06. The summed E-state index contributed by atoms with van der Waals surface area (Å²) >= 11 is 0. The van der Waals surface area contributed by atoms with E-state index in [2.05, 4.69) is 20.5 Å². The van der Waals surface area contributed by atoms with Gasteiger partial charge in [0.2, 0.25) is 5.91 Å². The normalized spacial score (nSPS) is 13.0. The molecule has 0 radical (unpaired) electrons. The first-order valence-corrected chi connectivity index (χ1v) is 8.06. The minimum absolute atomic E-state index is 0. The van der Waals surface area contributed by atoms with Gasteiger partial charge >= 0.3 is 0 Å². The number of rotatable bonds is 6. The predicted octanol–water partition coefficient (Wildman–Crippen LogP) is 1.02. The van der Waals surface area contributed by atoms with Crippen molar-refractivity contribution < 1.29 is 4.79 Å². The summed E-state index contributed by atoms with van der Waals surface area (Å²) < 4.78 is 1.98. The fourth-order valence-corrected chi connectivity index (χ4v) is 3.00. The smallest absolute Gasteiger partial charge is 0.267 e. The highest BCUT2D eigenvalue weighted by atomic mass is 35.5. The Morgan fingerprint density at radius 1 is 1.29 bits per heavy atom. The molecule has 2 aromatic rings. The van der Waals surface area contributed by atoms with Gasteiger partial charge in [0.25, 0.3) is 5.56 Å². The van der Waals surface area contributed by atoms with Crippen LogP contribution in [0.15, 0.2) is 23.5 Å². The van der Waals surface area contributed by atoms with Crippen LogP contribution in [0, 0.1) is 0 Å². The molecule has 0 saturated heterocycles. The lowest BCUT2D eigenvalue weighted by atomic mass is 9.91. The Hall–Kier alpha value is -2.15. The van der Waals surface area contributed by atoms with Crippen LogP contribution in [0.3, 0.4) is 0 Å². The molecule has 0 spiro atoms. The van der Waals surface area contributed by atoms with E-state index in [1.165, 1.54) is 0 Å². The average molecular weight is 352 g/mol. The predicted molar refractivity (Wildman–Crippen MR) is 92.3 cm³/mol. The van der Waals surface area contributed by atoms with Crippen LogP contribution in [0.2, 0.25) is 0 Å². The Morgan fingerprint density at radius 2 is 2.08 bits per heavy atom. The minimum Gasteiger partial charge on any atom is -0.356 e. The van der Waals surface area contributed by atoms with Crippen molar-refractivity contribution in [1.29, 1.82) is 0 Å². The number of amides is 1. The van der Waals surface area contributed by atoms with Crippen molar-refractivity contribution in [3.63, 3.8) is 0 Å². The van der Waals surface area contributed by atoms with Crippen LogP contribution in [0.4, 0.5) is 0 Å². The number of aromatic nitrogens is 4. The molecule has 2 aromatic heterocycles. The van der Waals surface area contributed by atoms with E-state index >= 15 is 0 Å². The molecule has 0 bridgehead atoms. The lowest BCUT2D eigenvalue weighted by Gasteiger charge is -2.17. The number of imidazole rings is 1. The maximum absolute atomic E-state index is 12.1. The molecule has 1 amide bonds. The first kappa shape index (κ1) is 18.2. The van der Waals surface area contributed by atoms with E-state index in [1.807, 2.05) is 10.8 Å². The van der Waals surface area contributed by atoms with Crippen molar-refractivity contribution >= 4 is 18.3 Å². The van der Waals surface area contributed by atoms with E-state index in [1.54, 1.807) is 12.5 Å². The number of carbonyl (C=O) groups is 1. The fourth-order valence-electron chi connectivity index (χ4n) is 3.00.